The third kappa shape index (κ3) is 1.49. The molecule has 0 unspecified atom stereocenters. The molecule has 0 amide bonds. The molecule has 0 saturated heterocycles. The lowest BCUT2D eigenvalue weighted by Gasteiger charge is -2.02. The van der Waals surface area contributed by atoms with Crippen LogP contribution in [0.5, 0.6) is 0 Å². The highest BCUT2D eigenvalue weighted by Gasteiger charge is 2.15. The summed E-state index contributed by atoms with van der Waals surface area (Å²) in [4.78, 5) is 23.0. The molecule has 2 rings (SSSR count). The molecule has 2 aromatic heterocycles. The Morgan fingerprint density at radius 2 is 2.25 bits per heavy atom. The first-order chi connectivity index (χ1) is 7.63. The van der Waals surface area contributed by atoms with Crippen LogP contribution in [-0.2, 0) is 4.74 Å². The van der Waals surface area contributed by atoms with Crippen LogP contribution in [0.3, 0.4) is 0 Å². The molecule has 84 valence electrons. The fraction of sp³-hybridized carbons (Fsp3) is 0.250. The summed E-state index contributed by atoms with van der Waals surface area (Å²) in [5, 5.41) is 0. The molecular weight excluding hydrogens is 212 g/mol. The molecule has 0 radical (unpaired) electrons. The van der Waals surface area contributed by atoms with E-state index in [4.69, 9.17) is 16.2 Å². The maximum absolute atomic E-state index is 11.5. The number of ether oxygens (including phenoxy) is 1. The smallest absolute Gasteiger partial charge is 0.420 e. The maximum atomic E-state index is 11.5. The fourth-order valence-electron chi connectivity index (χ4n) is 1.27. The minimum atomic E-state index is -0.581. The van der Waals surface area contributed by atoms with E-state index in [2.05, 4.69) is 15.0 Å². The van der Waals surface area contributed by atoms with Gasteiger partial charge in [-0.25, -0.2) is 14.3 Å². The highest BCUT2D eigenvalue weighted by Crippen LogP contribution is 2.16. The van der Waals surface area contributed by atoms with Gasteiger partial charge in [0.2, 0.25) is 5.95 Å². The van der Waals surface area contributed by atoms with Gasteiger partial charge in [0.1, 0.15) is 6.33 Å². The number of rotatable bonds is 1. The summed E-state index contributed by atoms with van der Waals surface area (Å²) in [5.41, 5.74) is 11.6. The molecule has 8 heteroatoms. The second kappa shape index (κ2) is 3.65. The Bertz CT molecular complexity index is 549. The number of anilines is 2. The normalized spacial score (nSPS) is 10.6. The molecule has 0 bridgehead atoms. The first-order valence-electron chi connectivity index (χ1n) is 4.56. The van der Waals surface area contributed by atoms with Gasteiger partial charge in [-0.3, -0.25) is 0 Å². The number of hydrogen-bond acceptors (Lipinski definition) is 7. The van der Waals surface area contributed by atoms with E-state index in [9.17, 15) is 4.79 Å². The van der Waals surface area contributed by atoms with Crippen molar-refractivity contribution in [3.05, 3.63) is 6.33 Å². The monoisotopic (exact) mass is 222 g/mol. The van der Waals surface area contributed by atoms with E-state index in [0.29, 0.717) is 5.52 Å². The first kappa shape index (κ1) is 10.1. The molecule has 0 fully saturated rings. The van der Waals surface area contributed by atoms with E-state index < -0.39 is 6.09 Å². The standard InChI is InChI=1S/C8H10N6O2/c1-2-16-8(15)14-3-11-4-5(9)12-7(10)13-6(4)14/h3H,2H2,1H3,(H4,9,10,12,13). The van der Waals surface area contributed by atoms with Gasteiger partial charge in [-0.1, -0.05) is 0 Å². The zero-order valence-electron chi connectivity index (χ0n) is 8.54. The van der Waals surface area contributed by atoms with Crippen LogP contribution in [0.1, 0.15) is 6.92 Å². The summed E-state index contributed by atoms with van der Waals surface area (Å²) in [7, 11) is 0. The molecule has 4 N–H and O–H groups in total. The quantitative estimate of drug-likeness (QED) is 0.695. The van der Waals surface area contributed by atoms with E-state index in [1.54, 1.807) is 6.92 Å². The minimum absolute atomic E-state index is 0.0175. The van der Waals surface area contributed by atoms with Gasteiger partial charge in [0, 0.05) is 0 Å². The van der Waals surface area contributed by atoms with Gasteiger partial charge in [0.05, 0.1) is 6.61 Å². The predicted octanol–water partition coefficient (Wildman–Crippen LogP) is -0.00470. The number of fused-ring (bicyclic) bond motifs is 1. The van der Waals surface area contributed by atoms with Gasteiger partial charge in [-0.2, -0.15) is 9.97 Å². The summed E-state index contributed by atoms with van der Waals surface area (Å²) < 4.78 is 5.95. The van der Waals surface area contributed by atoms with Gasteiger partial charge in [0.25, 0.3) is 0 Å². The van der Waals surface area contributed by atoms with Crippen molar-refractivity contribution in [2.24, 2.45) is 0 Å². The average molecular weight is 222 g/mol. The van der Waals surface area contributed by atoms with Crippen molar-refractivity contribution < 1.29 is 9.53 Å². The third-order valence-corrected chi connectivity index (χ3v) is 1.90. The lowest BCUT2D eigenvalue weighted by molar-refractivity contribution is 0.155. The second-order valence-corrected chi connectivity index (χ2v) is 2.95. The van der Waals surface area contributed by atoms with Crippen LogP contribution in [-0.4, -0.2) is 32.2 Å². The summed E-state index contributed by atoms with van der Waals surface area (Å²) in [6.45, 7) is 1.96. The van der Waals surface area contributed by atoms with Crippen molar-refractivity contribution in [1.29, 1.82) is 0 Å². The lowest BCUT2D eigenvalue weighted by Crippen LogP contribution is -2.13. The van der Waals surface area contributed by atoms with Crippen LogP contribution in [0.4, 0.5) is 16.6 Å². The Morgan fingerprint density at radius 3 is 2.94 bits per heavy atom. The second-order valence-electron chi connectivity index (χ2n) is 2.95. The number of nitrogens with two attached hydrogens (primary N) is 2. The number of nitrogens with zero attached hydrogens (tertiary/aromatic N) is 4. The molecule has 16 heavy (non-hydrogen) atoms. The Hall–Kier alpha value is -2.38. The van der Waals surface area contributed by atoms with Crippen molar-refractivity contribution in [2.45, 2.75) is 6.92 Å². The summed E-state index contributed by atoms with van der Waals surface area (Å²) in [6, 6.07) is 0. The third-order valence-electron chi connectivity index (χ3n) is 1.90. The molecule has 0 aliphatic heterocycles. The number of carbonyl (C=O) groups excluding carboxylic acids is 1. The average Bonchev–Trinajstić information content (AvgIpc) is 2.61. The summed E-state index contributed by atoms with van der Waals surface area (Å²) in [6.07, 6.45) is 0.690. The lowest BCUT2D eigenvalue weighted by atomic mass is 10.5. The van der Waals surface area contributed by atoms with Crippen molar-refractivity contribution in [3.8, 4) is 0 Å². The number of imidazole rings is 1. The largest absolute Gasteiger partial charge is 0.449 e. The molecule has 2 heterocycles. The summed E-state index contributed by atoms with van der Waals surface area (Å²) in [5.74, 6) is 0.113. The Morgan fingerprint density at radius 1 is 1.50 bits per heavy atom. The van der Waals surface area contributed by atoms with Gasteiger partial charge >= 0.3 is 6.09 Å². The molecule has 0 atom stereocenters. The maximum Gasteiger partial charge on any atom is 0.420 e. The van der Waals surface area contributed by atoms with Gasteiger partial charge in [-0.15, -0.1) is 0 Å². The molecule has 0 spiro atoms. The SMILES string of the molecule is CCOC(=O)n1cnc2c(N)nc(N)nc21. The topological polar surface area (TPSA) is 122 Å². The Balaban J connectivity index is 2.60. The molecular formula is C8H10N6O2. The van der Waals surface area contributed by atoms with Crippen molar-refractivity contribution in [2.75, 3.05) is 18.1 Å². The number of carbonyl (C=O) groups is 1. The Labute approximate surface area is 90.2 Å². The highest BCUT2D eigenvalue weighted by atomic mass is 16.5. The molecule has 0 aliphatic carbocycles. The molecule has 8 nitrogen and oxygen atoms in total. The molecule has 0 saturated carbocycles. The highest BCUT2D eigenvalue weighted by molar-refractivity contribution is 5.89. The van der Waals surface area contributed by atoms with Gasteiger partial charge in [-0.05, 0) is 6.92 Å². The summed E-state index contributed by atoms with van der Waals surface area (Å²) >= 11 is 0. The first-order valence-corrected chi connectivity index (χ1v) is 4.56. The number of hydrogen-bond donors (Lipinski definition) is 2. The predicted molar refractivity (Wildman–Crippen MR) is 56.6 cm³/mol. The van der Waals surface area contributed by atoms with Gasteiger partial charge in [0.15, 0.2) is 17.0 Å². The van der Waals surface area contributed by atoms with Gasteiger partial charge < -0.3 is 16.2 Å². The van der Waals surface area contributed by atoms with Crippen molar-refractivity contribution >= 4 is 29.0 Å². The van der Waals surface area contributed by atoms with Crippen LogP contribution in [0, 0.1) is 0 Å². The van der Waals surface area contributed by atoms with Crippen LogP contribution < -0.4 is 11.5 Å². The van der Waals surface area contributed by atoms with E-state index in [1.165, 1.54) is 6.33 Å². The Kier molecular flexibility index (Phi) is 2.31. The molecule has 0 aliphatic rings. The van der Waals surface area contributed by atoms with Crippen LogP contribution in [0.25, 0.3) is 11.2 Å². The van der Waals surface area contributed by atoms with E-state index >= 15 is 0 Å². The fourth-order valence-corrected chi connectivity index (χ4v) is 1.27. The zero-order chi connectivity index (χ0) is 11.7. The van der Waals surface area contributed by atoms with Crippen LogP contribution >= 0.6 is 0 Å². The zero-order valence-corrected chi connectivity index (χ0v) is 8.54. The van der Waals surface area contributed by atoms with Crippen molar-refractivity contribution in [3.63, 3.8) is 0 Å². The number of aromatic nitrogens is 4. The molecule has 2 aromatic rings. The van der Waals surface area contributed by atoms with E-state index in [1.807, 2.05) is 0 Å². The van der Waals surface area contributed by atoms with E-state index in [-0.39, 0.29) is 24.0 Å². The molecule has 0 aromatic carbocycles. The van der Waals surface area contributed by atoms with Crippen LogP contribution in [0.2, 0.25) is 0 Å². The van der Waals surface area contributed by atoms with Crippen molar-refractivity contribution in [1.82, 2.24) is 19.5 Å². The minimum Gasteiger partial charge on any atom is -0.449 e. The number of nitrogen functional groups attached to an aromatic ring is 2. The van der Waals surface area contributed by atoms with Crippen LogP contribution in [0.15, 0.2) is 6.33 Å². The van der Waals surface area contributed by atoms with E-state index in [0.717, 1.165) is 4.57 Å².